The molecule has 1 aliphatic heterocycles. The highest BCUT2D eigenvalue weighted by atomic mass is 16.2. The van der Waals surface area contributed by atoms with Gasteiger partial charge in [-0.25, -0.2) is 4.79 Å². The van der Waals surface area contributed by atoms with Crippen LogP contribution in [0.15, 0.2) is 56.7 Å². The molecule has 31 heavy (non-hydrogen) atoms. The minimum Gasteiger partial charge on any atom is -0.378 e. The number of nitrogens with one attached hydrogen (secondary N) is 4. The highest BCUT2D eigenvalue weighted by Crippen LogP contribution is 2.32. The van der Waals surface area contributed by atoms with Crippen LogP contribution in [0.2, 0.25) is 0 Å². The molecule has 0 saturated heterocycles. The Labute approximate surface area is 179 Å². The van der Waals surface area contributed by atoms with Crippen molar-refractivity contribution < 1.29 is 4.79 Å². The topological polar surface area (TPSA) is 119 Å². The SMILES string of the molecule is O=C(N[C@H]1CC[C@@H](c2ccccc2)CC1)c1[nH]c(=O)[nH]c(=O)c1NCCC1=CCC=N1. The number of benzene rings is 1. The zero-order valence-corrected chi connectivity index (χ0v) is 17.3. The average molecular weight is 422 g/mol. The van der Waals surface area contributed by atoms with Gasteiger partial charge in [0, 0.05) is 37.3 Å². The molecule has 4 N–H and O–H groups in total. The van der Waals surface area contributed by atoms with Crippen molar-refractivity contribution >= 4 is 17.8 Å². The van der Waals surface area contributed by atoms with E-state index in [1.165, 1.54) is 5.56 Å². The van der Waals surface area contributed by atoms with Crippen molar-refractivity contribution in [3.63, 3.8) is 0 Å². The Morgan fingerprint density at radius 1 is 1.06 bits per heavy atom. The van der Waals surface area contributed by atoms with Crippen LogP contribution < -0.4 is 21.9 Å². The van der Waals surface area contributed by atoms with Gasteiger partial charge in [-0.3, -0.25) is 19.6 Å². The fraction of sp³-hybridized carbons (Fsp3) is 0.391. The maximum Gasteiger partial charge on any atom is 0.326 e. The minimum atomic E-state index is -0.698. The number of H-pyrrole nitrogens is 2. The molecule has 8 heteroatoms. The van der Waals surface area contributed by atoms with Crippen LogP contribution in [-0.2, 0) is 0 Å². The van der Waals surface area contributed by atoms with Crippen LogP contribution in [0.1, 0.15) is 60.5 Å². The highest BCUT2D eigenvalue weighted by Gasteiger charge is 2.25. The number of amides is 1. The normalized spacial score (nSPS) is 20.3. The maximum atomic E-state index is 12.9. The summed E-state index contributed by atoms with van der Waals surface area (Å²) in [5.74, 6) is 0.0606. The number of anilines is 1. The summed E-state index contributed by atoms with van der Waals surface area (Å²) in [6.07, 6.45) is 8.96. The number of nitrogens with zero attached hydrogens (tertiary/aromatic N) is 1. The lowest BCUT2D eigenvalue weighted by molar-refractivity contribution is 0.0921. The predicted molar refractivity (Wildman–Crippen MR) is 121 cm³/mol. The van der Waals surface area contributed by atoms with E-state index in [-0.39, 0.29) is 17.4 Å². The first kappa shape index (κ1) is 20.8. The van der Waals surface area contributed by atoms with E-state index in [2.05, 4.69) is 49.9 Å². The second kappa shape index (κ2) is 9.59. The van der Waals surface area contributed by atoms with E-state index in [4.69, 9.17) is 0 Å². The van der Waals surface area contributed by atoms with E-state index in [0.29, 0.717) is 18.9 Å². The molecule has 1 saturated carbocycles. The molecule has 2 heterocycles. The lowest BCUT2D eigenvalue weighted by Gasteiger charge is -2.29. The third-order valence-electron chi connectivity index (χ3n) is 5.90. The Balaban J connectivity index is 1.39. The van der Waals surface area contributed by atoms with Crippen molar-refractivity contribution in [3.8, 4) is 0 Å². The molecule has 0 atom stereocenters. The quantitative estimate of drug-likeness (QED) is 0.549. The van der Waals surface area contributed by atoms with Crippen molar-refractivity contribution in [2.75, 3.05) is 11.9 Å². The molecule has 0 spiro atoms. The summed E-state index contributed by atoms with van der Waals surface area (Å²) in [6, 6.07) is 10.4. The van der Waals surface area contributed by atoms with E-state index in [9.17, 15) is 14.4 Å². The van der Waals surface area contributed by atoms with Gasteiger partial charge in [-0.15, -0.1) is 0 Å². The van der Waals surface area contributed by atoms with Gasteiger partial charge in [-0.05, 0) is 37.2 Å². The number of hydrogen-bond donors (Lipinski definition) is 4. The summed E-state index contributed by atoms with van der Waals surface area (Å²) in [4.78, 5) is 45.9. The van der Waals surface area contributed by atoms with E-state index in [1.54, 1.807) is 0 Å². The number of aromatic nitrogens is 2. The van der Waals surface area contributed by atoms with Crippen molar-refractivity contribution in [1.82, 2.24) is 15.3 Å². The molecule has 1 aliphatic carbocycles. The number of hydrogen-bond acceptors (Lipinski definition) is 5. The summed E-state index contributed by atoms with van der Waals surface area (Å²) in [6.45, 7) is 0.431. The molecule has 2 aliphatic rings. The lowest BCUT2D eigenvalue weighted by Crippen LogP contribution is -2.40. The number of rotatable bonds is 7. The first-order chi connectivity index (χ1) is 15.1. The number of aromatic amines is 2. The van der Waals surface area contributed by atoms with E-state index in [0.717, 1.165) is 37.8 Å². The van der Waals surface area contributed by atoms with Crippen LogP contribution >= 0.6 is 0 Å². The Morgan fingerprint density at radius 2 is 1.84 bits per heavy atom. The highest BCUT2D eigenvalue weighted by molar-refractivity contribution is 5.97. The van der Waals surface area contributed by atoms with Gasteiger partial charge in [-0.2, -0.15) is 0 Å². The number of aliphatic imine (C=N–C) groups is 1. The number of allylic oxidation sites excluding steroid dienone is 1. The molecule has 1 fully saturated rings. The molecule has 162 valence electrons. The van der Waals surface area contributed by atoms with Crippen molar-refractivity contribution in [2.45, 2.75) is 50.5 Å². The van der Waals surface area contributed by atoms with Gasteiger partial charge in [0.2, 0.25) is 0 Å². The molecule has 0 unspecified atom stereocenters. The Kier molecular flexibility index (Phi) is 6.45. The van der Waals surface area contributed by atoms with Crippen LogP contribution in [0.3, 0.4) is 0 Å². The molecule has 1 amide bonds. The second-order valence-corrected chi connectivity index (χ2v) is 8.01. The van der Waals surface area contributed by atoms with Crippen LogP contribution in [0.5, 0.6) is 0 Å². The minimum absolute atomic E-state index is 0.0149. The van der Waals surface area contributed by atoms with Crippen LogP contribution in [0.4, 0.5) is 5.69 Å². The van der Waals surface area contributed by atoms with Crippen molar-refractivity contribution in [1.29, 1.82) is 0 Å². The fourth-order valence-electron chi connectivity index (χ4n) is 4.27. The molecule has 0 radical (unpaired) electrons. The Bertz CT molecular complexity index is 1090. The molecule has 1 aromatic heterocycles. The van der Waals surface area contributed by atoms with E-state index >= 15 is 0 Å². The number of carbonyl (C=O) groups excluding carboxylic acids is 1. The Morgan fingerprint density at radius 3 is 2.55 bits per heavy atom. The zero-order chi connectivity index (χ0) is 21.6. The van der Waals surface area contributed by atoms with Gasteiger partial charge < -0.3 is 15.6 Å². The second-order valence-electron chi connectivity index (χ2n) is 8.01. The van der Waals surface area contributed by atoms with E-state index in [1.807, 2.05) is 18.4 Å². The predicted octanol–water partition coefficient (Wildman–Crippen LogP) is 2.68. The lowest BCUT2D eigenvalue weighted by atomic mass is 9.82. The summed E-state index contributed by atoms with van der Waals surface area (Å²) in [7, 11) is 0. The van der Waals surface area contributed by atoms with Gasteiger partial charge in [0.25, 0.3) is 11.5 Å². The molecule has 0 bridgehead atoms. The standard InChI is InChI=1S/C23H27N5O3/c29-21-19(25-14-12-17-7-4-13-24-17)20(27-23(31)28-21)22(30)26-18-10-8-16(9-11-18)15-5-2-1-3-6-15/h1-3,5-7,13,16,18,25H,4,8-12,14H2,(H,26,30)(H2,27,28,29,31)/t16-,18+. The Hall–Kier alpha value is -3.42. The fourth-order valence-corrected chi connectivity index (χ4v) is 4.27. The molecule has 2 aromatic rings. The van der Waals surface area contributed by atoms with Crippen molar-refractivity contribution in [2.24, 2.45) is 4.99 Å². The van der Waals surface area contributed by atoms with Gasteiger partial charge in [0.05, 0.1) is 0 Å². The molecule has 8 nitrogen and oxygen atoms in total. The number of carbonyl (C=O) groups is 1. The molecular formula is C23H27N5O3. The first-order valence-corrected chi connectivity index (χ1v) is 10.8. The van der Waals surface area contributed by atoms with Crippen LogP contribution in [0.25, 0.3) is 0 Å². The first-order valence-electron chi connectivity index (χ1n) is 10.8. The van der Waals surface area contributed by atoms with Gasteiger partial charge in [0.15, 0.2) is 0 Å². The third kappa shape index (κ3) is 5.20. The smallest absolute Gasteiger partial charge is 0.326 e. The summed E-state index contributed by atoms with van der Waals surface area (Å²) >= 11 is 0. The maximum absolute atomic E-state index is 12.9. The zero-order valence-electron chi connectivity index (χ0n) is 17.3. The third-order valence-corrected chi connectivity index (χ3v) is 5.90. The molecular weight excluding hydrogens is 394 g/mol. The van der Waals surface area contributed by atoms with Gasteiger partial charge >= 0.3 is 5.69 Å². The summed E-state index contributed by atoms with van der Waals surface area (Å²) < 4.78 is 0. The van der Waals surface area contributed by atoms with Gasteiger partial charge in [-0.1, -0.05) is 36.4 Å². The van der Waals surface area contributed by atoms with Crippen LogP contribution in [0, 0.1) is 0 Å². The van der Waals surface area contributed by atoms with Gasteiger partial charge in [0.1, 0.15) is 11.4 Å². The summed E-state index contributed by atoms with van der Waals surface area (Å²) in [5.41, 5.74) is 1.02. The average Bonchev–Trinajstić information content (AvgIpc) is 3.29. The van der Waals surface area contributed by atoms with Crippen molar-refractivity contribution in [3.05, 3.63) is 74.2 Å². The molecule has 1 aromatic carbocycles. The largest absolute Gasteiger partial charge is 0.378 e. The summed E-state index contributed by atoms with van der Waals surface area (Å²) in [5, 5.41) is 5.99. The molecule has 4 rings (SSSR count). The van der Waals surface area contributed by atoms with E-state index < -0.39 is 17.2 Å². The van der Waals surface area contributed by atoms with Crippen LogP contribution in [-0.4, -0.2) is 34.7 Å². The monoisotopic (exact) mass is 421 g/mol.